The van der Waals surface area contributed by atoms with Crippen LogP contribution in [0.5, 0.6) is 5.75 Å². The van der Waals surface area contributed by atoms with Crippen LogP contribution in [-0.4, -0.2) is 35.7 Å². The molecule has 29 heavy (non-hydrogen) atoms. The van der Waals surface area contributed by atoms with E-state index in [-0.39, 0.29) is 37.2 Å². The number of carboxylic acid groups (broad SMARTS) is 1. The summed E-state index contributed by atoms with van der Waals surface area (Å²) in [6.45, 7) is 11.8. The van der Waals surface area contributed by atoms with Crippen molar-refractivity contribution in [3.8, 4) is 5.75 Å². The van der Waals surface area contributed by atoms with Crippen molar-refractivity contribution in [2.45, 2.75) is 65.3 Å². The molecule has 1 aromatic carbocycles. The Hall–Kier alpha value is -2.61. The first-order valence-electron chi connectivity index (χ1n) is 9.67. The third-order valence-corrected chi connectivity index (χ3v) is 4.81. The van der Waals surface area contributed by atoms with Gasteiger partial charge in [0.1, 0.15) is 5.75 Å². The Morgan fingerprint density at radius 2 is 1.59 bits per heavy atom. The molecular weight excluding hydrogens is 374 g/mol. The molecule has 0 aromatic heterocycles. The first-order chi connectivity index (χ1) is 13.4. The van der Waals surface area contributed by atoms with E-state index in [1.807, 2.05) is 32.0 Å². The van der Waals surface area contributed by atoms with Gasteiger partial charge in [-0.2, -0.15) is 0 Å². The maximum atomic E-state index is 12.3. The lowest BCUT2D eigenvalue weighted by Crippen LogP contribution is -2.57. The van der Waals surface area contributed by atoms with Gasteiger partial charge in [-0.05, 0) is 35.3 Å². The van der Waals surface area contributed by atoms with Gasteiger partial charge in [0, 0.05) is 6.54 Å². The molecule has 0 bridgehead atoms. The van der Waals surface area contributed by atoms with E-state index in [4.69, 9.17) is 26.1 Å². The Labute approximate surface area is 173 Å². The van der Waals surface area contributed by atoms with Crippen LogP contribution in [-0.2, 0) is 9.59 Å². The maximum Gasteiger partial charge on any atom is 0.412 e. The molecule has 2 amide bonds. The number of benzene rings is 1. The number of rotatable bonds is 8. The van der Waals surface area contributed by atoms with Crippen molar-refractivity contribution < 1.29 is 24.2 Å². The van der Waals surface area contributed by atoms with Crippen LogP contribution in [0.25, 0.3) is 0 Å². The Balaban J connectivity index is 0.00000245. The lowest BCUT2D eigenvalue weighted by Gasteiger charge is -2.30. The number of ether oxygens (including phenoxy) is 1. The second-order valence-corrected chi connectivity index (χ2v) is 7.81. The molecule has 0 heterocycles. The number of primary amides is 1. The van der Waals surface area contributed by atoms with Gasteiger partial charge in [-0.15, -0.1) is 0 Å². The van der Waals surface area contributed by atoms with Crippen LogP contribution in [0.3, 0.4) is 0 Å². The van der Waals surface area contributed by atoms with Crippen LogP contribution in [0.4, 0.5) is 4.79 Å². The summed E-state index contributed by atoms with van der Waals surface area (Å²) in [6.07, 6.45) is -0.312. The van der Waals surface area contributed by atoms with E-state index < -0.39 is 17.5 Å². The fourth-order valence-electron chi connectivity index (χ4n) is 2.80. The Morgan fingerprint density at radius 1 is 1.14 bits per heavy atom. The summed E-state index contributed by atoms with van der Waals surface area (Å²) >= 11 is 0. The lowest BCUT2D eigenvalue weighted by atomic mass is 9.83. The Morgan fingerprint density at radius 3 is 1.93 bits per heavy atom. The molecule has 8 heteroatoms. The lowest BCUT2D eigenvalue weighted by molar-refractivity contribution is -0.125. The van der Waals surface area contributed by atoms with Crippen molar-refractivity contribution in [2.24, 2.45) is 17.4 Å². The molecule has 0 aliphatic heterocycles. The number of hydrogen-bond donors (Lipinski definition) is 4. The number of carbonyl (C=O) groups excluding carboxylic acids is 2. The zero-order chi connectivity index (χ0) is 22.8. The molecule has 164 valence electrons. The van der Waals surface area contributed by atoms with E-state index in [2.05, 4.69) is 33.0 Å². The van der Waals surface area contributed by atoms with E-state index in [1.165, 1.54) is 0 Å². The third-order valence-electron chi connectivity index (χ3n) is 4.81. The molecule has 0 spiro atoms. The monoisotopic (exact) mass is 409 g/mol. The van der Waals surface area contributed by atoms with Crippen LogP contribution >= 0.6 is 0 Å². The summed E-state index contributed by atoms with van der Waals surface area (Å²) in [5.41, 5.74) is 12.3. The highest BCUT2D eigenvalue weighted by Gasteiger charge is 2.35. The van der Waals surface area contributed by atoms with Crippen molar-refractivity contribution in [3.05, 3.63) is 29.3 Å². The van der Waals surface area contributed by atoms with Crippen LogP contribution in [0.1, 0.15) is 70.9 Å². The van der Waals surface area contributed by atoms with Crippen LogP contribution < -0.4 is 21.5 Å². The number of amides is 2. The second kappa shape index (κ2) is 12.1. The van der Waals surface area contributed by atoms with E-state index in [1.54, 1.807) is 0 Å². The summed E-state index contributed by atoms with van der Waals surface area (Å²) < 4.78 is 5.63. The molecular formula is C21H35N3O5. The van der Waals surface area contributed by atoms with Gasteiger partial charge in [-0.3, -0.25) is 9.59 Å². The average molecular weight is 410 g/mol. The van der Waals surface area contributed by atoms with Crippen molar-refractivity contribution in [3.63, 3.8) is 0 Å². The van der Waals surface area contributed by atoms with Crippen molar-refractivity contribution in [2.75, 3.05) is 6.54 Å². The molecule has 0 fully saturated rings. The highest BCUT2D eigenvalue weighted by molar-refractivity contribution is 5.84. The smallest absolute Gasteiger partial charge is 0.412 e. The summed E-state index contributed by atoms with van der Waals surface area (Å²) in [4.78, 5) is 32.3. The van der Waals surface area contributed by atoms with Gasteiger partial charge in [-0.1, -0.05) is 59.7 Å². The van der Waals surface area contributed by atoms with E-state index in [0.29, 0.717) is 5.75 Å². The minimum Gasteiger partial charge on any atom is -0.483 e. The van der Waals surface area contributed by atoms with E-state index in [9.17, 15) is 9.59 Å². The molecule has 0 aliphatic rings. The molecule has 0 radical (unpaired) electrons. The Kier molecular flexibility index (Phi) is 11.0. The number of nitrogens with one attached hydrogen (secondary N) is 1. The minimum atomic E-state index is -1.16. The van der Waals surface area contributed by atoms with Crippen LogP contribution in [0.2, 0.25) is 0 Å². The number of para-hydroxylation sites is 1. The summed E-state index contributed by atoms with van der Waals surface area (Å²) in [5.74, 6) is 0.350. The van der Waals surface area contributed by atoms with Crippen molar-refractivity contribution in [1.82, 2.24) is 5.32 Å². The normalized spacial score (nSPS) is 12.8. The summed E-state index contributed by atoms with van der Waals surface area (Å²) in [7, 11) is 0. The van der Waals surface area contributed by atoms with Gasteiger partial charge < -0.3 is 26.6 Å². The molecule has 8 nitrogen and oxygen atoms in total. The van der Waals surface area contributed by atoms with E-state index in [0.717, 1.165) is 11.1 Å². The third kappa shape index (κ3) is 7.73. The number of nitrogens with two attached hydrogens (primary N) is 2. The summed E-state index contributed by atoms with van der Waals surface area (Å²) in [5, 5.41) is 9.57. The average Bonchev–Trinajstić information content (AvgIpc) is 2.61. The predicted molar refractivity (Wildman–Crippen MR) is 113 cm³/mol. The largest absolute Gasteiger partial charge is 0.483 e. The maximum absolute atomic E-state index is 12.3. The minimum absolute atomic E-state index is 0.132. The Bertz CT molecular complexity index is 663. The zero-order valence-corrected chi connectivity index (χ0v) is 18.2. The van der Waals surface area contributed by atoms with Crippen molar-refractivity contribution >= 4 is 18.5 Å². The zero-order valence-electron chi connectivity index (χ0n) is 18.2. The first kappa shape index (κ1) is 26.4. The molecule has 6 N–H and O–H groups in total. The second-order valence-electron chi connectivity index (χ2n) is 7.81. The van der Waals surface area contributed by atoms with Crippen LogP contribution in [0.15, 0.2) is 18.2 Å². The van der Waals surface area contributed by atoms with Gasteiger partial charge in [0.15, 0.2) is 0 Å². The predicted octanol–water partition coefficient (Wildman–Crippen LogP) is 2.95. The van der Waals surface area contributed by atoms with Crippen LogP contribution in [0, 0.1) is 5.92 Å². The molecule has 0 saturated heterocycles. The molecule has 1 rings (SSSR count). The highest BCUT2D eigenvalue weighted by Crippen LogP contribution is 2.34. The molecule has 1 atom stereocenters. The van der Waals surface area contributed by atoms with Crippen molar-refractivity contribution in [1.29, 1.82) is 0 Å². The van der Waals surface area contributed by atoms with Gasteiger partial charge in [0.2, 0.25) is 5.91 Å². The number of hydrogen-bond acceptors (Lipinski definition) is 5. The standard InChI is InChI=1S/C20H33N3O3.CH2O2/c1-12(2)15-8-7-9-16(13(3)4)17(15)26-19(25)23-11-10-20(22,14(5)6)18(21)24;2-1-3/h7-9,12-14H,10-11,22H2,1-6H3,(H2,21,24)(H,23,25);1H,(H,2,3)/t20-;/m0./s1. The van der Waals surface area contributed by atoms with Gasteiger partial charge in [0.25, 0.3) is 6.47 Å². The molecule has 0 aliphatic carbocycles. The molecule has 0 saturated carbocycles. The number of carbonyl (C=O) groups is 3. The fraction of sp³-hybridized carbons (Fsp3) is 0.571. The first-order valence-corrected chi connectivity index (χ1v) is 9.67. The van der Waals surface area contributed by atoms with Gasteiger partial charge in [0.05, 0.1) is 5.54 Å². The molecule has 0 unspecified atom stereocenters. The topological polar surface area (TPSA) is 145 Å². The summed E-state index contributed by atoms with van der Waals surface area (Å²) in [6, 6.07) is 5.92. The quantitative estimate of drug-likeness (QED) is 0.486. The highest BCUT2D eigenvalue weighted by atomic mass is 16.6. The van der Waals surface area contributed by atoms with Gasteiger partial charge in [-0.25, -0.2) is 4.79 Å². The van der Waals surface area contributed by atoms with E-state index >= 15 is 0 Å². The fourth-order valence-corrected chi connectivity index (χ4v) is 2.80. The van der Waals surface area contributed by atoms with Gasteiger partial charge >= 0.3 is 6.09 Å². The molecule has 1 aromatic rings. The SMILES string of the molecule is CC(C)c1cccc(C(C)C)c1OC(=O)NCC[C@@](N)(C(N)=O)C(C)C.O=CO.